The molecule has 0 saturated heterocycles. The maximum Gasteiger partial charge on any atom is 1.00 e. The van der Waals surface area contributed by atoms with Crippen molar-refractivity contribution in [1.82, 2.24) is 0 Å². The number of fused-ring (bicyclic) bond motifs is 1. The minimum atomic E-state index is -4.84. The van der Waals surface area contributed by atoms with Crippen molar-refractivity contribution in [2.45, 2.75) is 9.79 Å². The first-order valence-corrected chi connectivity index (χ1v) is 7.57. The van der Waals surface area contributed by atoms with Gasteiger partial charge in [-0.1, -0.05) is 17.9 Å². The van der Waals surface area contributed by atoms with E-state index in [2.05, 4.69) is 0 Å². The molecule has 2 aromatic carbocycles. The third kappa shape index (κ3) is 5.99. The largest absolute Gasteiger partial charge is 1.00 e. The van der Waals surface area contributed by atoms with Gasteiger partial charge < -0.3 is 14.2 Å². The van der Waals surface area contributed by atoms with Gasteiger partial charge in [0.2, 0.25) is 0 Å². The summed E-state index contributed by atoms with van der Waals surface area (Å²) in [5.41, 5.74) is 0. The zero-order chi connectivity index (χ0) is 14.4. The monoisotopic (exact) mass is 370 g/mol. The minimum absolute atomic E-state index is 0. The van der Waals surface area contributed by atoms with E-state index < -0.39 is 35.8 Å². The molecule has 0 atom stereocenters. The van der Waals surface area contributed by atoms with Crippen LogP contribution in [0.15, 0.2) is 40.1 Å². The van der Waals surface area contributed by atoms with E-state index in [4.69, 9.17) is 0 Å². The Morgan fingerprint density at radius 2 is 1.18 bits per heavy atom. The van der Waals surface area contributed by atoms with Crippen LogP contribution in [0, 0.1) is 0 Å². The van der Waals surface area contributed by atoms with Crippen LogP contribution in [-0.2, 0) is 20.2 Å². The van der Waals surface area contributed by atoms with E-state index >= 15 is 0 Å². The van der Waals surface area contributed by atoms with Crippen LogP contribution in [0.4, 0.5) is 0 Å². The predicted molar refractivity (Wildman–Crippen MR) is 59.3 cm³/mol. The van der Waals surface area contributed by atoms with Gasteiger partial charge in [0.1, 0.15) is 20.2 Å². The van der Waals surface area contributed by atoms with Crippen LogP contribution in [-0.4, -0.2) is 25.9 Å². The molecule has 0 unspecified atom stereocenters. The summed E-state index contributed by atoms with van der Waals surface area (Å²) in [6.45, 7) is 0. The predicted octanol–water partition coefficient (Wildman–Crippen LogP) is -9.27. The van der Waals surface area contributed by atoms with Gasteiger partial charge in [0.15, 0.2) is 0 Å². The second-order valence-electron chi connectivity index (χ2n) is 3.71. The third-order valence-corrected chi connectivity index (χ3v) is 4.08. The molecule has 0 aliphatic heterocycles. The molecule has 0 N–H and O–H groups in total. The van der Waals surface area contributed by atoms with Crippen molar-refractivity contribution in [3.63, 3.8) is 0 Å². The van der Waals surface area contributed by atoms with Gasteiger partial charge >= 0.3 is 88.7 Å². The van der Waals surface area contributed by atoms with Crippen molar-refractivity contribution in [3.8, 4) is 5.75 Å². The number of hydrogen-bond donors (Lipinski definition) is 0. The smallest absolute Gasteiger partial charge is 0.872 e. The topological polar surface area (TPSA) is 137 Å². The van der Waals surface area contributed by atoms with Gasteiger partial charge in [-0.25, -0.2) is 16.8 Å². The van der Waals surface area contributed by atoms with E-state index in [1.54, 1.807) is 0 Å². The molecule has 0 fully saturated rings. The van der Waals surface area contributed by atoms with Gasteiger partial charge in [0.25, 0.3) is 0 Å². The average molecular weight is 370 g/mol. The summed E-state index contributed by atoms with van der Waals surface area (Å²) in [5.74, 6) is -0.748. The fourth-order valence-electron chi connectivity index (χ4n) is 1.59. The Morgan fingerprint density at radius 3 is 1.64 bits per heavy atom. The van der Waals surface area contributed by atoms with Crippen LogP contribution in [0.3, 0.4) is 0 Å². The molecule has 102 valence electrons. The number of rotatable bonds is 2. The molecule has 12 heteroatoms. The molecule has 0 aromatic heterocycles. The summed E-state index contributed by atoms with van der Waals surface area (Å²) >= 11 is 0. The Labute approximate surface area is 193 Å². The van der Waals surface area contributed by atoms with E-state index in [-0.39, 0.29) is 99.4 Å². The van der Waals surface area contributed by atoms with E-state index in [1.165, 1.54) is 0 Å². The molecule has 0 spiro atoms. The second-order valence-corrected chi connectivity index (χ2v) is 6.47. The first kappa shape index (κ1) is 25.6. The summed E-state index contributed by atoms with van der Waals surface area (Å²) in [6, 6.07) is 4.39. The van der Waals surface area contributed by atoms with Crippen LogP contribution in [0.1, 0.15) is 0 Å². The van der Waals surface area contributed by atoms with E-state index in [0.29, 0.717) is 6.07 Å². The van der Waals surface area contributed by atoms with Crippen LogP contribution >= 0.6 is 0 Å². The summed E-state index contributed by atoms with van der Waals surface area (Å²) in [7, 11) is -9.58. The van der Waals surface area contributed by atoms with Crippen molar-refractivity contribution in [1.29, 1.82) is 0 Å². The summed E-state index contributed by atoms with van der Waals surface area (Å²) < 4.78 is 65.0. The summed E-state index contributed by atoms with van der Waals surface area (Å²) in [6.07, 6.45) is 0. The Bertz CT molecular complexity index is 874. The molecule has 2 aromatic rings. The molecular weight excluding hydrogens is 365 g/mol. The molecule has 0 radical (unpaired) electrons. The molecule has 0 aliphatic carbocycles. The maximum absolute atomic E-state index is 11.6. The Hall–Kier alpha value is 1.32. The Balaban J connectivity index is 0. The minimum Gasteiger partial charge on any atom is -0.872 e. The average Bonchev–Trinajstić information content (AvgIpc) is 2.25. The molecule has 22 heavy (non-hydrogen) atoms. The Morgan fingerprint density at radius 1 is 0.727 bits per heavy atom. The number of hydrogen-bond acceptors (Lipinski definition) is 7. The van der Waals surface area contributed by atoms with Gasteiger partial charge in [0.05, 0.1) is 9.79 Å². The van der Waals surface area contributed by atoms with Crippen molar-refractivity contribution in [2.24, 2.45) is 0 Å². The van der Waals surface area contributed by atoms with Gasteiger partial charge in [-0.3, -0.25) is 0 Å². The molecule has 0 amide bonds. The first-order chi connectivity index (χ1) is 8.59. The zero-order valence-corrected chi connectivity index (χ0v) is 19.7. The van der Waals surface area contributed by atoms with Crippen LogP contribution < -0.4 is 93.8 Å². The fourth-order valence-corrected chi connectivity index (χ4v) is 2.62. The van der Waals surface area contributed by atoms with Gasteiger partial charge in [-0.15, -0.1) is 0 Å². The summed E-state index contributed by atoms with van der Waals surface area (Å²) in [5, 5.41) is 11.5. The van der Waals surface area contributed by atoms with E-state index in [1.807, 2.05) is 0 Å². The number of benzene rings is 2. The van der Waals surface area contributed by atoms with Gasteiger partial charge in [-0.2, -0.15) is 0 Å². The van der Waals surface area contributed by atoms with Crippen molar-refractivity contribution in [3.05, 3.63) is 30.3 Å². The van der Waals surface area contributed by atoms with Crippen LogP contribution in [0.25, 0.3) is 10.8 Å². The summed E-state index contributed by atoms with van der Waals surface area (Å²) in [4.78, 5) is -1.38. The molecular formula is C10H5Na3O7S2. The molecule has 2 rings (SSSR count). The van der Waals surface area contributed by atoms with Gasteiger partial charge in [-0.05, 0) is 29.0 Å². The normalized spacial score (nSPS) is 11.0. The SMILES string of the molecule is O=S(=O)([O-])c1ccc2c([O-])cc(S(=O)(=O)[O-])cc2c1.[Na+].[Na+].[Na+]. The van der Waals surface area contributed by atoms with E-state index in [9.17, 15) is 31.0 Å². The van der Waals surface area contributed by atoms with Crippen LogP contribution in [0.2, 0.25) is 0 Å². The standard InChI is InChI=1S/C10H8O7S2.3Na/c11-10-5-8(19(15,16)17)4-6-3-7(18(12,13)14)1-2-9(6)10;;;/h1-5,11H,(H,12,13,14)(H,15,16,17);;;/q;3*+1/p-3. The molecule has 0 aliphatic rings. The molecule has 0 heterocycles. The Kier molecular flexibility index (Phi) is 10.6. The van der Waals surface area contributed by atoms with E-state index in [0.717, 1.165) is 24.3 Å². The molecule has 0 saturated carbocycles. The first-order valence-electron chi connectivity index (χ1n) is 4.76. The van der Waals surface area contributed by atoms with Crippen molar-refractivity contribution < 1.29 is 120 Å². The van der Waals surface area contributed by atoms with Gasteiger partial charge in [0, 0.05) is 0 Å². The fraction of sp³-hybridized carbons (Fsp3) is 0. The van der Waals surface area contributed by atoms with Crippen molar-refractivity contribution >= 4 is 31.0 Å². The zero-order valence-electron chi connectivity index (χ0n) is 12.1. The quantitative estimate of drug-likeness (QED) is 0.378. The van der Waals surface area contributed by atoms with Crippen LogP contribution in [0.5, 0.6) is 5.75 Å². The maximum atomic E-state index is 11.6. The third-order valence-electron chi connectivity index (χ3n) is 2.44. The molecule has 0 bridgehead atoms. The second kappa shape index (κ2) is 9.14. The van der Waals surface area contributed by atoms with Crippen molar-refractivity contribution in [2.75, 3.05) is 0 Å². The molecule has 7 nitrogen and oxygen atoms in total.